The lowest BCUT2D eigenvalue weighted by Gasteiger charge is -2.36. The molecule has 5 nitrogen and oxygen atoms in total. The summed E-state index contributed by atoms with van der Waals surface area (Å²) in [4.78, 5) is 12.0. The van der Waals surface area contributed by atoms with Crippen LogP contribution in [-0.2, 0) is 13.0 Å². The van der Waals surface area contributed by atoms with Gasteiger partial charge < -0.3 is 15.3 Å². The smallest absolute Gasteiger partial charge is 0.136 e. The summed E-state index contributed by atoms with van der Waals surface area (Å²) in [6.07, 6.45) is 3.39. The van der Waals surface area contributed by atoms with Crippen LogP contribution in [0.1, 0.15) is 49.6 Å². The quantitative estimate of drug-likeness (QED) is 0.877. The molecule has 4 rings (SSSR count). The van der Waals surface area contributed by atoms with Crippen LogP contribution in [0.15, 0.2) is 30.3 Å². The third-order valence-corrected chi connectivity index (χ3v) is 5.14. The zero-order valence-corrected chi connectivity index (χ0v) is 14.9. The van der Waals surface area contributed by atoms with Crippen LogP contribution in [0.25, 0.3) is 0 Å². The van der Waals surface area contributed by atoms with Crippen LogP contribution >= 0.6 is 0 Å². The van der Waals surface area contributed by atoms with E-state index in [0.29, 0.717) is 12.0 Å². The van der Waals surface area contributed by atoms with E-state index in [9.17, 15) is 5.11 Å². The van der Waals surface area contributed by atoms with Crippen molar-refractivity contribution in [2.24, 2.45) is 0 Å². The average Bonchev–Trinajstić information content (AvgIpc) is 3.46. The van der Waals surface area contributed by atoms with Crippen LogP contribution in [0.5, 0.6) is 0 Å². The van der Waals surface area contributed by atoms with E-state index in [1.54, 1.807) is 0 Å². The van der Waals surface area contributed by atoms with E-state index in [1.807, 2.05) is 13.0 Å². The summed E-state index contributed by atoms with van der Waals surface area (Å²) in [5.74, 6) is 3.25. The van der Waals surface area contributed by atoms with Crippen molar-refractivity contribution < 1.29 is 5.11 Å². The lowest BCUT2D eigenvalue weighted by molar-refractivity contribution is 0.281. The van der Waals surface area contributed by atoms with E-state index < -0.39 is 0 Å². The van der Waals surface area contributed by atoms with Gasteiger partial charge in [-0.05, 0) is 44.2 Å². The van der Waals surface area contributed by atoms with Crippen LogP contribution < -0.4 is 10.2 Å². The highest BCUT2D eigenvalue weighted by Gasteiger charge is 2.30. The maximum absolute atomic E-state index is 9.34. The number of fused-ring (bicyclic) bond motifs is 1. The zero-order chi connectivity index (χ0) is 17.4. The lowest BCUT2D eigenvalue weighted by atomic mass is 9.95. The van der Waals surface area contributed by atoms with Crippen LogP contribution in [0.2, 0.25) is 0 Å². The molecular formula is C20H26N4O. The molecule has 132 valence electrons. The number of benzene rings is 1. The summed E-state index contributed by atoms with van der Waals surface area (Å²) < 4.78 is 0. The Morgan fingerprint density at radius 1 is 1.24 bits per heavy atom. The highest BCUT2D eigenvalue weighted by molar-refractivity contribution is 5.53. The van der Waals surface area contributed by atoms with Crippen LogP contribution in [0, 0.1) is 0 Å². The maximum atomic E-state index is 9.34. The SMILES string of the molecule is C[C@H](CO)Nc1cc(N2Cc3ccccc3C[C@@H]2C)nc(C2CC2)n1. The van der Waals surface area contributed by atoms with Crippen molar-refractivity contribution in [2.45, 2.75) is 57.7 Å². The minimum Gasteiger partial charge on any atom is -0.394 e. The number of nitrogens with zero attached hydrogens (tertiary/aromatic N) is 3. The molecule has 0 bridgehead atoms. The monoisotopic (exact) mass is 338 g/mol. The molecule has 1 aromatic heterocycles. The highest BCUT2D eigenvalue weighted by atomic mass is 16.3. The van der Waals surface area contributed by atoms with E-state index in [0.717, 1.165) is 30.4 Å². The number of hydrogen-bond acceptors (Lipinski definition) is 5. The topological polar surface area (TPSA) is 61.3 Å². The predicted octanol–water partition coefficient (Wildman–Crippen LogP) is 3.10. The normalized spacial score (nSPS) is 20.9. The predicted molar refractivity (Wildman–Crippen MR) is 100.0 cm³/mol. The van der Waals surface area contributed by atoms with Gasteiger partial charge in [0.1, 0.15) is 17.5 Å². The molecule has 2 aromatic rings. The Balaban J connectivity index is 1.66. The summed E-state index contributed by atoms with van der Waals surface area (Å²) in [7, 11) is 0. The van der Waals surface area contributed by atoms with Gasteiger partial charge in [-0.15, -0.1) is 0 Å². The van der Waals surface area contributed by atoms with Crippen LogP contribution in [0.3, 0.4) is 0 Å². The minimum absolute atomic E-state index is 0.0192. The lowest BCUT2D eigenvalue weighted by Crippen LogP contribution is -2.39. The highest BCUT2D eigenvalue weighted by Crippen LogP contribution is 2.39. The third-order valence-electron chi connectivity index (χ3n) is 5.14. The van der Waals surface area contributed by atoms with Gasteiger partial charge in [0.15, 0.2) is 0 Å². The van der Waals surface area contributed by atoms with Gasteiger partial charge >= 0.3 is 0 Å². The van der Waals surface area contributed by atoms with E-state index in [1.165, 1.54) is 24.0 Å². The molecule has 0 spiro atoms. The van der Waals surface area contributed by atoms with E-state index in [-0.39, 0.29) is 12.6 Å². The van der Waals surface area contributed by atoms with Crippen molar-refractivity contribution in [1.82, 2.24) is 9.97 Å². The van der Waals surface area contributed by atoms with Gasteiger partial charge in [-0.3, -0.25) is 0 Å². The molecule has 0 unspecified atom stereocenters. The van der Waals surface area contributed by atoms with Gasteiger partial charge in [0, 0.05) is 30.6 Å². The van der Waals surface area contributed by atoms with Crippen LogP contribution in [-0.4, -0.2) is 33.8 Å². The van der Waals surface area contributed by atoms with Crippen molar-refractivity contribution in [3.8, 4) is 0 Å². The maximum Gasteiger partial charge on any atom is 0.136 e. The second kappa shape index (κ2) is 6.64. The van der Waals surface area contributed by atoms with E-state index >= 15 is 0 Å². The largest absolute Gasteiger partial charge is 0.394 e. The first-order valence-corrected chi connectivity index (χ1v) is 9.24. The van der Waals surface area contributed by atoms with Gasteiger partial charge in [-0.25, -0.2) is 9.97 Å². The molecule has 2 N–H and O–H groups in total. The molecule has 2 atom stereocenters. The number of aromatic nitrogens is 2. The molecular weight excluding hydrogens is 312 g/mol. The summed E-state index contributed by atoms with van der Waals surface area (Å²) in [6.45, 7) is 5.19. The molecule has 1 fully saturated rings. The fourth-order valence-corrected chi connectivity index (χ4v) is 3.48. The Hall–Kier alpha value is -2.14. The number of anilines is 2. The number of nitrogens with one attached hydrogen (secondary N) is 1. The Bertz CT molecular complexity index is 759. The minimum atomic E-state index is -0.0192. The Morgan fingerprint density at radius 3 is 2.72 bits per heavy atom. The standard InChI is InChI=1S/C20H26N4O/c1-13(12-25)21-18-10-19(23-20(22-18)15-7-8-15)24-11-17-6-4-3-5-16(17)9-14(24)2/h3-6,10,13-15,25H,7-9,11-12H2,1-2H3,(H,21,22,23)/t13-,14+/m1/s1. The first-order valence-electron chi connectivity index (χ1n) is 9.24. The van der Waals surface area contributed by atoms with Gasteiger partial charge in [0.2, 0.25) is 0 Å². The molecule has 2 aliphatic rings. The van der Waals surface area contributed by atoms with Gasteiger partial charge in [0.05, 0.1) is 6.61 Å². The Kier molecular flexibility index (Phi) is 4.34. The van der Waals surface area contributed by atoms with Crippen molar-refractivity contribution >= 4 is 11.6 Å². The van der Waals surface area contributed by atoms with Crippen LogP contribution in [0.4, 0.5) is 11.6 Å². The third kappa shape index (κ3) is 3.47. The van der Waals surface area contributed by atoms with Gasteiger partial charge in [-0.1, -0.05) is 24.3 Å². The van der Waals surface area contributed by atoms with Crippen molar-refractivity contribution in [2.75, 3.05) is 16.8 Å². The molecule has 0 saturated heterocycles. The summed E-state index contributed by atoms with van der Waals surface area (Å²) in [6, 6.07) is 11.1. The number of rotatable bonds is 5. The summed E-state index contributed by atoms with van der Waals surface area (Å²) in [5, 5.41) is 12.6. The summed E-state index contributed by atoms with van der Waals surface area (Å²) >= 11 is 0. The first-order chi connectivity index (χ1) is 12.1. The molecule has 1 aliphatic heterocycles. The molecule has 1 saturated carbocycles. The molecule has 1 aromatic carbocycles. The Labute approximate surface area is 149 Å². The molecule has 2 heterocycles. The van der Waals surface area contributed by atoms with Gasteiger partial charge in [0.25, 0.3) is 0 Å². The number of aliphatic hydroxyl groups excluding tert-OH is 1. The second-order valence-electron chi connectivity index (χ2n) is 7.42. The fourth-order valence-electron chi connectivity index (χ4n) is 3.48. The first kappa shape index (κ1) is 16.3. The second-order valence-corrected chi connectivity index (χ2v) is 7.42. The van der Waals surface area contributed by atoms with Crippen molar-refractivity contribution in [1.29, 1.82) is 0 Å². The number of aliphatic hydroxyl groups is 1. The average molecular weight is 338 g/mol. The molecule has 0 radical (unpaired) electrons. The van der Waals surface area contributed by atoms with Crippen molar-refractivity contribution in [3.05, 3.63) is 47.3 Å². The van der Waals surface area contributed by atoms with E-state index in [2.05, 4.69) is 46.4 Å². The molecule has 0 amide bonds. The molecule has 25 heavy (non-hydrogen) atoms. The Morgan fingerprint density at radius 2 is 2.00 bits per heavy atom. The van der Waals surface area contributed by atoms with E-state index in [4.69, 9.17) is 4.98 Å². The molecule has 1 aliphatic carbocycles. The van der Waals surface area contributed by atoms with Gasteiger partial charge in [-0.2, -0.15) is 0 Å². The zero-order valence-electron chi connectivity index (χ0n) is 14.9. The number of hydrogen-bond donors (Lipinski definition) is 2. The molecule has 5 heteroatoms. The summed E-state index contributed by atoms with van der Waals surface area (Å²) in [5.41, 5.74) is 2.82. The fraction of sp³-hybridized carbons (Fsp3) is 0.500. The van der Waals surface area contributed by atoms with Crippen molar-refractivity contribution in [3.63, 3.8) is 0 Å².